The molecule has 0 radical (unpaired) electrons. The van der Waals surface area contributed by atoms with E-state index in [0.717, 1.165) is 0 Å². The summed E-state index contributed by atoms with van der Waals surface area (Å²) in [4.78, 5) is 25.9. The third-order valence-electron chi connectivity index (χ3n) is 2.21. The number of carbonyl (C=O) groups excluding carboxylic acids is 2. The van der Waals surface area contributed by atoms with Gasteiger partial charge < -0.3 is 20.7 Å². The number of hydrogen-bond donors (Lipinski definition) is 3. The van der Waals surface area contributed by atoms with Gasteiger partial charge in [0.2, 0.25) is 5.91 Å². The number of nitrogens with two attached hydrogens (primary N) is 1. The summed E-state index contributed by atoms with van der Waals surface area (Å²) in [6.07, 6.45) is -0.833. The fraction of sp³-hybridized carbons (Fsp3) is 0.364. The molecule has 0 saturated carbocycles. The fourth-order valence-electron chi connectivity index (χ4n) is 1.29. The first kappa shape index (κ1) is 14.1. The summed E-state index contributed by atoms with van der Waals surface area (Å²) in [5, 5.41) is 19.3. The van der Waals surface area contributed by atoms with Crippen molar-refractivity contribution in [3.8, 4) is 0 Å². The van der Waals surface area contributed by atoms with Crippen LogP contribution in [0.2, 0.25) is 0 Å². The van der Waals surface area contributed by atoms with Crippen LogP contribution in [-0.4, -0.2) is 39.8 Å². The smallest absolute Gasteiger partial charge is 0.338 e. The van der Waals surface area contributed by atoms with Crippen LogP contribution in [0, 0.1) is 0 Å². The third-order valence-corrected chi connectivity index (χ3v) is 2.21. The van der Waals surface area contributed by atoms with E-state index in [1.54, 1.807) is 6.92 Å². The Morgan fingerprint density at radius 3 is 2.67 bits per heavy atom. The molecule has 2 unspecified atom stereocenters. The zero-order valence-electron chi connectivity index (χ0n) is 9.74. The Labute approximate surface area is 103 Å². The minimum Gasteiger partial charge on any atom is -0.464 e. The molecule has 18 heavy (non-hydrogen) atoms. The molecule has 0 bridgehead atoms. The van der Waals surface area contributed by atoms with Crippen LogP contribution in [0.5, 0.6) is 0 Å². The number of hydrogen-bond acceptors (Lipinski definition) is 6. The van der Waals surface area contributed by atoms with E-state index in [9.17, 15) is 19.8 Å². The maximum Gasteiger partial charge on any atom is 0.338 e. The highest BCUT2D eigenvalue weighted by atomic mass is 16.5. The summed E-state index contributed by atoms with van der Waals surface area (Å²) >= 11 is 0. The zero-order chi connectivity index (χ0) is 13.7. The van der Waals surface area contributed by atoms with Gasteiger partial charge in [-0.3, -0.25) is 9.78 Å². The summed E-state index contributed by atoms with van der Waals surface area (Å²) in [6, 6.07) is 1.25. The first-order chi connectivity index (χ1) is 8.47. The fourth-order valence-corrected chi connectivity index (χ4v) is 1.29. The number of aromatic nitrogens is 1. The highest BCUT2D eigenvalue weighted by Gasteiger charge is 2.27. The van der Waals surface area contributed by atoms with Crippen molar-refractivity contribution in [1.82, 2.24) is 4.98 Å². The molecular weight excluding hydrogens is 240 g/mol. The minimum absolute atomic E-state index is 0.0719. The van der Waals surface area contributed by atoms with E-state index in [-0.39, 0.29) is 17.7 Å². The number of carbonyl (C=O) groups is 2. The van der Waals surface area contributed by atoms with Crippen LogP contribution in [0.25, 0.3) is 0 Å². The van der Waals surface area contributed by atoms with Gasteiger partial charge in [0.15, 0.2) is 6.10 Å². The molecule has 0 spiro atoms. The van der Waals surface area contributed by atoms with E-state index in [2.05, 4.69) is 9.72 Å². The number of primary amides is 1. The van der Waals surface area contributed by atoms with Crippen molar-refractivity contribution in [2.24, 2.45) is 5.73 Å². The predicted octanol–water partition coefficient (Wildman–Crippen LogP) is -0.862. The zero-order valence-corrected chi connectivity index (χ0v) is 9.74. The van der Waals surface area contributed by atoms with Crippen LogP contribution >= 0.6 is 0 Å². The summed E-state index contributed by atoms with van der Waals surface area (Å²) in [5.41, 5.74) is 5.23. The Balaban J connectivity index is 2.89. The second kappa shape index (κ2) is 6.08. The molecule has 0 fully saturated rings. The molecule has 1 heterocycles. The number of aliphatic hydroxyl groups is 2. The molecule has 1 amide bonds. The molecule has 98 valence electrons. The Bertz CT molecular complexity index is 449. The average Bonchev–Trinajstić information content (AvgIpc) is 2.37. The summed E-state index contributed by atoms with van der Waals surface area (Å²) in [5.74, 6) is -1.67. The highest BCUT2D eigenvalue weighted by Crippen LogP contribution is 2.18. The van der Waals surface area contributed by atoms with Crippen LogP contribution in [0.1, 0.15) is 28.9 Å². The van der Waals surface area contributed by atoms with Crippen LogP contribution < -0.4 is 5.73 Å². The van der Waals surface area contributed by atoms with Crippen molar-refractivity contribution in [1.29, 1.82) is 0 Å². The van der Waals surface area contributed by atoms with Gasteiger partial charge in [0.1, 0.15) is 6.10 Å². The van der Waals surface area contributed by atoms with Crippen molar-refractivity contribution >= 4 is 11.9 Å². The Kier molecular flexibility index (Phi) is 4.75. The van der Waals surface area contributed by atoms with E-state index >= 15 is 0 Å². The quantitative estimate of drug-likeness (QED) is 0.587. The number of esters is 1. The highest BCUT2D eigenvalue weighted by molar-refractivity contribution is 5.92. The lowest BCUT2D eigenvalue weighted by Gasteiger charge is -2.16. The van der Waals surface area contributed by atoms with E-state index < -0.39 is 24.1 Å². The molecular formula is C11H14N2O5. The molecule has 1 aromatic heterocycles. The van der Waals surface area contributed by atoms with Crippen molar-refractivity contribution < 1.29 is 24.5 Å². The van der Waals surface area contributed by atoms with E-state index in [1.165, 1.54) is 18.5 Å². The molecule has 4 N–H and O–H groups in total. The number of amides is 1. The minimum atomic E-state index is -1.74. The van der Waals surface area contributed by atoms with E-state index in [1.807, 2.05) is 0 Å². The van der Waals surface area contributed by atoms with Crippen LogP contribution in [0.4, 0.5) is 0 Å². The number of aliphatic hydroxyl groups excluding tert-OH is 2. The van der Waals surface area contributed by atoms with Crippen LogP contribution in [-0.2, 0) is 9.53 Å². The predicted molar refractivity (Wildman–Crippen MR) is 60.4 cm³/mol. The van der Waals surface area contributed by atoms with Gasteiger partial charge in [0.25, 0.3) is 0 Å². The van der Waals surface area contributed by atoms with Gasteiger partial charge in [0, 0.05) is 18.0 Å². The maximum absolute atomic E-state index is 11.2. The SMILES string of the molecule is CCOC(=O)C(O)C(O)c1cncc(C(N)=O)c1. The lowest BCUT2D eigenvalue weighted by atomic mass is 10.0. The summed E-state index contributed by atoms with van der Waals surface area (Å²) in [7, 11) is 0. The largest absolute Gasteiger partial charge is 0.464 e. The molecule has 7 heteroatoms. The monoisotopic (exact) mass is 254 g/mol. The van der Waals surface area contributed by atoms with Gasteiger partial charge in [-0.15, -0.1) is 0 Å². The lowest BCUT2D eigenvalue weighted by Crippen LogP contribution is -2.30. The first-order valence-electron chi connectivity index (χ1n) is 5.25. The molecule has 7 nitrogen and oxygen atoms in total. The van der Waals surface area contributed by atoms with Crippen molar-refractivity contribution in [3.63, 3.8) is 0 Å². The number of pyridine rings is 1. The van der Waals surface area contributed by atoms with Crippen molar-refractivity contribution in [3.05, 3.63) is 29.6 Å². The average molecular weight is 254 g/mol. The molecule has 1 aromatic rings. The summed E-state index contributed by atoms with van der Waals surface area (Å²) < 4.78 is 4.56. The lowest BCUT2D eigenvalue weighted by molar-refractivity contribution is -0.159. The molecule has 1 rings (SSSR count). The second-order valence-electron chi connectivity index (χ2n) is 3.51. The maximum atomic E-state index is 11.2. The third kappa shape index (κ3) is 3.25. The molecule has 2 atom stereocenters. The van der Waals surface area contributed by atoms with Gasteiger partial charge in [-0.05, 0) is 13.0 Å². The molecule has 0 aromatic carbocycles. The van der Waals surface area contributed by atoms with Gasteiger partial charge in [-0.25, -0.2) is 4.79 Å². The second-order valence-corrected chi connectivity index (χ2v) is 3.51. The molecule has 0 aliphatic rings. The van der Waals surface area contributed by atoms with Crippen LogP contribution in [0.15, 0.2) is 18.5 Å². The van der Waals surface area contributed by atoms with Crippen molar-refractivity contribution in [2.45, 2.75) is 19.1 Å². The number of nitrogens with zero attached hydrogens (tertiary/aromatic N) is 1. The van der Waals surface area contributed by atoms with Gasteiger partial charge in [-0.1, -0.05) is 0 Å². The Morgan fingerprint density at radius 1 is 1.44 bits per heavy atom. The van der Waals surface area contributed by atoms with Gasteiger partial charge in [-0.2, -0.15) is 0 Å². The first-order valence-corrected chi connectivity index (χ1v) is 5.25. The van der Waals surface area contributed by atoms with E-state index in [0.29, 0.717) is 0 Å². The molecule has 0 aliphatic heterocycles. The number of rotatable bonds is 5. The standard InChI is InChI=1S/C11H14N2O5/c1-2-18-11(17)9(15)8(14)6-3-7(10(12)16)5-13-4-6/h3-5,8-9,14-15H,2H2,1H3,(H2,12,16). The van der Waals surface area contributed by atoms with Crippen molar-refractivity contribution in [2.75, 3.05) is 6.61 Å². The van der Waals surface area contributed by atoms with Crippen LogP contribution in [0.3, 0.4) is 0 Å². The summed E-state index contributed by atoms with van der Waals surface area (Å²) in [6.45, 7) is 1.66. The Hall–Kier alpha value is -1.99. The van der Waals surface area contributed by atoms with Gasteiger partial charge >= 0.3 is 5.97 Å². The Morgan fingerprint density at radius 2 is 2.11 bits per heavy atom. The topological polar surface area (TPSA) is 123 Å². The molecule has 0 aliphatic carbocycles. The number of ether oxygens (including phenoxy) is 1. The molecule has 0 saturated heterocycles. The normalized spacial score (nSPS) is 13.7. The van der Waals surface area contributed by atoms with E-state index in [4.69, 9.17) is 5.73 Å². The van der Waals surface area contributed by atoms with Gasteiger partial charge in [0.05, 0.1) is 12.2 Å².